The largest absolute Gasteiger partial charge is 0.293 e. The van der Waals surface area contributed by atoms with Crippen LogP contribution >= 0.6 is 0 Å². The maximum Gasteiger partial charge on any atom is 0.233 e. The van der Waals surface area contributed by atoms with Gasteiger partial charge in [0, 0.05) is 62.2 Å². The van der Waals surface area contributed by atoms with Gasteiger partial charge >= 0.3 is 0 Å². The molecule has 6 heteroatoms. The van der Waals surface area contributed by atoms with Crippen molar-refractivity contribution in [2.45, 2.75) is 40.4 Å². The van der Waals surface area contributed by atoms with Crippen LogP contribution in [-0.2, 0) is 19.6 Å². The van der Waals surface area contributed by atoms with Gasteiger partial charge in [0.15, 0.2) is 0 Å². The highest BCUT2D eigenvalue weighted by Crippen LogP contribution is 2.15. The van der Waals surface area contributed by atoms with E-state index >= 15 is 0 Å². The molecule has 0 saturated carbocycles. The second-order valence-electron chi connectivity index (χ2n) is 6.69. The second-order valence-corrected chi connectivity index (χ2v) is 6.69. The summed E-state index contributed by atoms with van der Waals surface area (Å²) in [5.74, 6) is 1.31. The van der Waals surface area contributed by atoms with Gasteiger partial charge in [-0.25, -0.2) is 9.97 Å². The van der Waals surface area contributed by atoms with Gasteiger partial charge in [0.2, 0.25) is 5.95 Å². The molecule has 0 aliphatic carbocycles. The Hall–Kier alpha value is -2.47. The molecule has 0 aliphatic heterocycles. The fourth-order valence-electron chi connectivity index (χ4n) is 3.01. The molecule has 0 radical (unpaired) electrons. The Kier molecular flexibility index (Phi) is 5.60. The fraction of sp³-hybridized carbons (Fsp3) is 0.421. The standard InChI is InChI=1S/C19H26N6/c1-4-24-14-17(11-22-24)13-23(12-16(2)3)15-18-7-5-10-25(18)19-20-8-6-9-21-19/h5-11,14,16H,4,12-13,15H2,1-3H3. The van der Waals surface area contributed by atoms with Gasteiger partial charge in [0.1, 0.15) is 0 Å². The Morgan fingerprint density at radius 2 is 1.92 bits per heavy atom. The Bertz CT molecular complexity index is 774. The smallest absolute Gasteiger partial charge is 0.233 e. The average molecular weight is 338 g/mol. The third kappa shape index (κ3) is 4.54. The summed E-state index contributed by atoms with van der Waals surface area (Å²) < 4.78 is 4.03. The van der Waals surface area contributed by atoms with Gasteiger partial charge in [0.25, 0.3) is 0 Å². The Balaban J connectivity index is 1.78. The van der Waals surface area contributed by atoms with Crippen molar-refractivity contribution in [1.29, 1.82) is 0 Å². The van der Waals surface area contributed by atoms with Gasteiger partial charge in [-0.15, -0.1) is 0 Å². The van der Waals surface area contributed by atoms with E-state index in [-0.39, 0.29) is 0 Å². The molecule has 0 bridgehead atoms. The van der Waals surface area contributed by atoms with Crippen LogP contribution in [0.3, 0.4) is 0 Å². The summed E-state index contributed by atoms with van der Waals surface area (Å²) in [6, 6.07) is 6.02. The Morgan fingerprint density at radius 3 is 2.60 bits per heavy atom. The highest BCUT2D eigenvalue weighted by molar-refractivity contribution is 5.20. The highest BCUT2D eigenvalue weighted by atomic mass is 15.3. The number of nitrogens with zero attached hydrogens (tertiary/aromatic N) is 6. The predicted molar refractivity (Wildman–Crippen MR) is 98.2 cm³/mol. The summed E-state index contributed by atoms with van der Waals surface area (Å²) in [4.78, 5) is 11.2. The van der Waals surface area contributed by atoms with Gasteiger partial charge in [0.05, 0.1) is 6.20 Å². The molecule has 3 rings (SSSR count). The molecule has 0 spiro atoms. The van der Waals surface area contributed by atoms with E-state index in [4.69, 9.17) is 0 Å². The minimum absolute atomic E-state index is 0.595. The van der Waals surface area contributed by atoms with Crippen molar-refractivity contribution in [2.24, 2.45) is 5.92 Å². The summed E-state index contributed by atoms with van der Waals surface area (Å²) in [5, 5.41) is 4.39. The van der Waals surface area contributed by atoms with Gasteiger partial charge in [-0.05, 0) is 31.0 Å². The van der Waals surface area contributed by atoms with Crippen LogP contribution in [0, 0.1) is 5.92 Å². The monoisotopic (exact) mass is 338 g/mol. The van der Waals surface area contributed by atoms with Gasteiger partial charge in [-0.2, -0.15) is 5.10 Å². The van der Waals surface area contributed by atoms with Crippen LogP contribution < -0.4 is 0 Å². The zero-order chi connectivity index (χ0) is 17.6. The minimum Gasteiger partial charge on any atom is -0.293 e. The Morgan fingerprint density at radius 1 is 1.12 bits per heavy atom. The van der Waals surface area contributed by atoms with Crippen LogP contribution in [-0.4, -0.2) is 35.8 Å². The van der Waals surface area contributed by atoms with Gasteiger partial charge < -0.3 is 0 Å². The van der Waals surface area contributed by atoms with Gasteiger partial charge in [-0.3, -0.25) is 14.1 Å². The van der Waals surface area contributed by atoms with E-state index in [9.17, 15) is 0 Å². The number of hydrogen-bond acceptors (Lipinski definition) is 4. The summed E-state index contributed by atoms with van der Waals surface area (Å²) in [6.45, 7) is 10.3. The number of rotatable bonds is 8. The molecule has 6 nitrogen and oxygen atoms in total. The summed E-state index contributed by atoms with van der Waals surface area (Å²) in [6.07, 6.45) is 9.67. The zero-order valence-corrected chi connectivity index (χ0v) is 15.2. The van der Waals surface area contributed by atoms with E-state index < -0.39 is 0 Å². The molecule has 0 unspecified atom stereocenters. The molecule has 132 valence electrons. The molecule has 3 aromatic heterocycles. The van der Waals surface area contributed by atoms with E-state index in [1.165, 1.54) is 11.3 Å². The first kappa shape index (κ1) is 17.4. The Labute approximate surface area is 149 Å². The van der Waals surface area contributed by atoms with E-state index in [1.807, 2.05) is 29.2 Å². The molecular weight excluding hydrogens is 312 g/mol. The molecular formula is C19H26N6. The molecule has 3 heterocycles. The summed E-state index contributed by atoms with van der Waals surface area (Å²) in [5.41, 5.74) is 2.44. The predicted octanol–water partition coefficient (Wildman–Crippen LogP) is 3.14. The molecule has 25 heavy (non-hydrogen) atoms. The van der Waals surface area contributed by atoms with Crippen molar-refractivity contribution < 1.29 is 0 Å². The number of aromatic nitrogens is 5. The third-order valence-corrected chi connectivity index (χ3v) is 4.03. The van der Waals surface area contributed by atoms with Crippen molar-refractivity contribution >= 4 is 0 Å². The molecule has 3 aromatic rings. The zero-order valence-electron chi connectivity index (χ0n) is 15.2. The van der Waals surface area contributed by atoms with Crippen molar-refractivity contribution in [3.05, 3.63) is 60.4 Å². The molecule has 0 N–H and O–H groups in total. The maximum atomic E-state index is 4.39. The average Bonchev–Trinajstić information content (AvgIpc) is 3.24. The van der Waals surface area contributed by atoms with Crippen LogP contribution in [0.1, 0.15) is 32.0 Å². The van der Waals surface area contributed by atoms with Crippen molar-refractivity contribution in [1.82, 2.24) is 29.2 Å². The molecule has 0 saturated heterocycles. The fourth-order valence-corrected chi connectivity index (χ4v) is 3.01. The molecule has 0 amide bonds. The number of aryl methyl sites for hydroxylation is 1. The third-order valence-electron chi connectivity index (χ3n) is 4.03. The van der Waals surface area contributed by atoms with E-state index in [2.05, 4.69) is 57.6 Å². The van der Waals surface area contributed by atoms with Crippen LogP contribution in [0.25, 0.3) is 5.95 Å². The molecule has 0 fully saturated rings. The van der Waals surface area contributed by atoms with Crippen LogP contribution in [0.15, 0.2) is 49.2 Å². The van der Waals surface area contributed by atoms with Crippen molar-refractivity contribution in [3.8, 4) is 5.95 Å². The quantitative estimate of drug-likeness (QED) is 0.633. The first-order valence-corrected chi connectivity index (χ1v) is 8.83. The van der Waals surface area contributed by atoms with Crippen LogP contribution in [0.2, 0.25) is 0 Å². The minimum atomic E-state index is 0.595. The number of hydrogen-bond donors (Lipinski definition) is 0. The first-order valence-electron chi connectivity index (χ1n) is 8.83. The normalized spacial score (nSPS) is 11.6. The van der Waals surface area contributed by atoms with Crippen molar-refractivity contribution in [2.75, 3.05) is 6.54 Å². The SMILES string of the molecule is CCn1cc(CN(Cc2cccn2-c2ncccn2)CC(C)C)cn1. The van der Waals surface area contributed by atoms with E-state index in [1.54, 1.807) is 12.4 Å². The van der Waals surface area contributed by atoms with Crippen molar-refractivity contribution in [3.63, 3.8) is 0 Å². The summed E-state index contributed by atoms with van der Waals surface area (Å²) >= 11 is 0. The van der Waals surface area contributed by atoms with Crippen LogP contribution in [0.4, 0.5) is 0 Å². The highest BCUT2D eigenvalue weighted by Gasteiger charge is 2.14. The van der Waals surface area contributed by atoms with Crippen LogP contribution in [0.5, 0.6) is 0 Å². The topological polar surface area (TPSA) is 51.8 Å². The van der Waals surface area contributed by atoms with Gasteiger partial charge in [-0.1, -0.05) is 13.8 Å². The molecule has 0 aliphatic rings. The molecule has 0 aromatic carbocycles. The van der Waals surface area contributed by atoms with E-state index in [0.29, 0.717) is 11.9 Å². The first-order chi connectivity index (χ1) is 12.2. The molecule has 0 atom stereocenters. The lowest BCUT2D eigenvalue weighted by Crippen LogP contribution is -2.28. The lowest BCUT2D eigenvalue weighted by atomic mass is 10.2. The summed E-state index contributed by atoms with van der Waals surface area (Å²) in [7, 11) is 0. The van der Waals surface area contributed by atoms with E-state index in [0.717, 1.165) is 26.2 Å². The maximum absolute atomic E-state index is 4.39. The lowest BCUT2D eigenvalue weighted by Gasteiger charge is -2.24. The lowest BCUT2D eigenvalue weighted by molar-refractivity contribution is 0.224. The second kappa shape index (κ2) is 8.07.